The number of hydrogen-bond donors (Lipinski definition) is 2. The monoisotopic (exact) mass is 451 g/mol. The van der Waals surface area contributed by atoms with E-state index in [1.807, 2.05) is 24.3 Å². The van der Waals surface area contributed by atoms with E-state index in [0.29, 0.717) is 9.47 Å². The summed E-state index contributed by atoms with van der Waals surface area (Å²) in [4.78, 5) is 22.4. The van der Waals surface area contributed by atoms with E-state index in [-0.39, 0.29) is 28.1 Å². The zero-order valence-electron chi connectivity index (χ0n) is 14.9. The van der Waals surface area contributed by atoms with E-state index < -0.39 is 4.92 Å². The Morgan fingerprint density at radius 3 is 2.72 bits per heavy atom. The highest BCUT2D eigenvalue weighted by Gasteiger charge is 2.13. The van der Waals surface area contributed by atoms with Crippen molar-refractivity contribution < 1.29 is 14.5 Å². The van der Waals surface area contributed by atoms with Gasteiger partial charge in [0, 0.05) is 17.8 Å². The Morgan fingerprint density at radius 2 is 2.03 bits per heavy atom. The quantitative estimate of drug-likeness (QED) is 0.290. The van der Waals surface area contributed by atoms with E-state index in [4.69, 9.17) is 16.3 Å². The number of ether oxygens (including phenoxy) is 1. The minimum Gasteiger partial charge on any atom is -0.497 e. The van der Waals surface area contributed by atoms with Gasteiger partial charge in [-0.15, -0.1) is 10.2 Å². The number of hydrogen-bond acceptors (Lipinski definition) is 9. The highest BCUT2D eigenvalue weighted by molar-refractivity contribution is 8.01. The topological polar surface area (TPSA) is 119 Å². The van der Waals surface area contributed by atoms with E-state index in [1.165, 1.54) is 41.3 Å². The summed E-state index contributed by atoms with van der Waals surface area (Å²) in [5.41, 5.74) is 0.859. The Labute approximate surface area is 178 Å². The summed E-state index contributed by atoms with van der Waals surface area (Å²) in [6.07, 6.45) is 0. The van der Waals surface area contributed by atoms with Gasteiger partial charge < -0.3 is 15.4 Å². The second-order valence-electron chi connectivity index (χ2n) is 5.48. The molecule has 1 amide bonds. The van der Waals surface area contributed by atoms with Gasteiger partial charge >= 0.3 is 0 Å². The number of nitrogens with one attached hydrogen (secondary N) is 2. The minimum atomic E-state index is -0.556. The van der Waals surface area contributed by atoms with Gasteiger partial charge in [-0.05, 0) is 30.3 Å². The molecule has 2 N–H and O–H groups in total. The Hall–Kier alpha value is -2.89. The lowest BCUT2D eigenvalue weighted by Crippen LogP contribution is -2.14. The van der Waals surface area contributed by atoms with Gasteiger partial charge in [-0.25, -0.2) is 0 Å². The number of rotatable bonds is 8. The van der Waals surface area contributed by atoms with Crippen molar-refractivity contribution in [3.05, 3.63) is 57.6 Å². The molecule has 0 aliphatic heterocycles. The Balaban J connectivity index is 1.54. The van der Waals surface area contributed by atoms with Gasteiger partial charge in [-0.1, -0.05) is 34.7 Å². The fraction of sp³-hybridized carbons (Fsp3) is 0.118. The molecule has 12 heteroatoms. The number of non-ortho nitro benzene ring substituents is 1. The molecule has 0 aliphatic carbocycles. The third kappa shape index (κ3) is 5.79. The average molecular weight is 452 g/mol. The minimum absolute atomic E-state index is 0.0518. The first kappa shape index (κ1) is 20.8. The van der Waals surface area contributed by atoms with Gasteiger partial charge in [0.2, 0.25) is 11.0 Å². The van der Waals surface area contributed by atoms with Gasteiger partial charge in [-0.2, -0.15) is 0 Å². The number of thioether (sulfide) groups is 1. The number of aromatic nitrogens is 2. The lowest BCUT2D eigenvalue weighted by atomic mass is 10.3. The van der Waals surface area contributed by atoms with Crippen molar-refractivity contribution in [3.8, 4) is 5.75 Å². The number of nitrogens with zero attached hydrogens (tertiary/aromatic N) is 3. The van der Waals surface area contributed by atoms with E-state index >= 15 is 0 Å². The molecule has 0 fully saturated rings. The number of methoxy groups -OCH3 is 1. The zero-order chi connectivity index (χ0) is 20.8. The second kappa shape index (κ2) is 9.54. The van der Waals surface area contributed by atoms with E-state index in [9.17, 15) is 14.9 Å². The molecule has 1 heterocycles. The first-order valence-electron chi connectivity index (χ1n) is 8.06. The number of benzene rings is 2. The fourth-order valence-electron chi connectivity index (χ4n) is 2.15. The SMILES string of the molecule is COc1ccc(Nc2nnc(SCC(=O)Nc3cc([N+](=O)[O-])ccc3Cl)s2)cc1. The predicted molar refractivity (Wildman–Crippen MR) is 114 cm³/mol. The van der Waals surface area contributed by atoms with Crippen molar-refractivity contribution in [3.63, 3.8) is 0 Å². The van der Waals surface area contributed by atoms with Crippen LogP contribution in [-0.2, 0) is 4.79 Å². The number of anilines is 3. The number of halogens is 1. The maximum absolute atomic E-state index is 12.1. The summed E-state index contributed by atoms with van der Waals surface area (Å²) < 4.78 is 5.71. The Morgan fingerprint density at radius 1 is 1.28 bits per heavy atom. The summed E-state index contributed by atoms with van der Waals surface area (Å²) in [5, 5.41) is 25.4. The highest BCUT2D eigenvalue weighted by Crippen LogP contribution is 2.30. The highest BCUT2D eigenvalue weighted by atomic mass is 35.5. The largest absolute Gasteiger partial charge is 0.497 e. The lowest BCUT2D eigenvalue weighted by molar-refractivity contribution is -0.384. The van der Waals surface area contributed by atoms with Gasteiger partial charge in [-0.3, -0.25) is 14.9 Å². The number of nitro groups is 1. The summed E-state index contributed by atoms with van der Waals surface area (Å²) in [7, 11) is 1.60. The average Bonchev–Trinajstić information content (AvgIpc) is 3.16. The Bertz CT molecular complexity index is 1030. The van der Waals surface area contributed by atoms with Crippen molar-refractivity contribution in [2.45, 2.75) is 4.34 Å². The molecule has 29 heavy (non-hydrogen) atoms. The molecule has 2 aromatic carbocycles. The molecular formula is C17H14ClN5O4S2. The van der Waals surface area contributed by atoms with Crippen molar-refractivity contribution in [2.24, 2.45) is 0 Å². The molecular weight excluding hydrogens is 438 g/mol. The van der Waals surface area contributed by atoms with Crippen LogP contribution in [0.2, 0.25) is 5.02 Å². The van der Waals surface area contributed by atoms with Crippen molar-refractivity contribution in [2.75, 3.05) is 23.5 Å². The molecule has 150 valence electrons. The number of nitro benzene ring substituents is 1. The summed E-state index contributed by atoms with van der Waals surface area (Å²) in [5.74, 6) is 0.437. The first-order chi connectivity index (χ1) is 13.9. The third-order valence-corrected chi connectivity index (χ3v) is 5.81. The van der Waals surface area contributed by atoms with Crippen molar-refractivity contribution in [1.82, 2.24) is 10.2 Å². The van der Waals surface area contributed by atoms with Crippen LogP contribution in [0.4, 0.5) is 22.2 Å². The van der Waals surface area contributed by atoms with Crippen LogP contribution in [0.3, 0.4) is 0 Å². The summed E-state index contributed by atoms with van der Waals surface area (Å²) in [6.45, 7) is 0. The summed E-state index contributed by atoms with van der Waals surface area (Å²) >= 11 is 8.48. The Kier molecular flexibility index (Phi) is 6.86. The third-order valence-electron chi connectivity index (χ3n) is 3.51. The number of carbonyl (C=O) groups excluding carboxylic acids is 1. The zero-order valence-corrected chi connectivity index (χ0v) is 17.3. The maximum Gasteiger partial charge on any atom is 0.271 e. The molecule has 3 aromatic rings. The van der Waals surface area contributed by atoms with Crippen molar-refractivity contribution in [1.29, 1.82) is 0 Å². The van der Waals surface area contributed by atoms with Crippen LogP contribution >= 0.6 is 34.7 Å². The molecule has 0 aliphatic rings. The van der Waals surface area contributed by atoms with Crippen LogP contribution < -0.4 is 15.4 Å². The van der Waals surface area contributed by atoms with Gasteiger partial charge in [0.15, 0.2) is 4.34 Å². The van der Waals surface area contributed by atoms with Crippen molar-refractivity contribution >= 4 is 62.8 Å². The van der Waals surface area contributed by atoms with Gasteiger partial charge in [0.1, 0.15) is 5.75 Å². The van der Waals surface area contributed by atoms with Crippen LogP contribution in [-0.4, -0.2) is 33.9 Å². The van der Waals surface area contributed by atoms with E-state index in [0.717, 1.165) is 11.4 Å². The molecule has 0 radical (unpaired) electrons. The van der Waals surface area contributed by atoms with Crippen LogP contribution in [0.25, 0.3) is 0 Å². The number of amides is 1. The molecule has 0 saturated carbocycles. The standard InChI is InChI=1S/C17H14ClN5O4S2/c1-27-12-5-2-10(3-6-12)19-16-21-22-17(29-16)28-9-15(24)20-14-8-11(23(25)26)4-7-13(14)18/h2-8H,9H2,1H3,(H,19,21)(H,20,24). The van der Waals surface area contributed by atoms with Gasteiger partial charge in [0.05, 0.1) is 28.5 Å². The predicted octanol–water partition coefficient (Wildman–Crippen LogP) is 4.58. The maximum atomic E-state index is 12.1. The molecule has 0 unspecified atom stereocenters. The van der Waals surface area contributed by atoms with E-state index in [1.54, 1.807) is 7.11 Å². The molecule has 3 rings (SSSR count). The molecule has 1 aromatic heterocycles. The molecule has 9 nitrogen and oxygen atoms in total. The molecule has 0 atom stereocenters. The fourth-order valence-corrected chi connectivity index (χ4v) is 3.89. The molecule has 0 bridgehead atoms. The van der Waals surface area contributed by atoms with Gasteiger partial charge in [0.25, 0.3) is 5.69 Å². The first-order valence-corrected chi connectivity index (χ1v) is 10.2. The van der Waals surface area contributed by atoms with Crippen LogP contribution in [0.15, 0.2) is 46.8 Å². The summed E-state index contributed by atoms with van der Waals surface area (Å²) in [6, 6.07) is 11.2. The van der Waals surface area contributed by atoms with E-state index in [2.05, 4.69) is 20.8 Å². The lowest BCUT2D eigenvalue weighted by Gasteiger charge is -2.06. The number of carbonyl (C=O) groups is 1. The molecule has 0 spiro atoms. The van der Waals surface area contributed by atoms with Crippen LogP contribution in [0, 0.1) is 10.1 Å². The smallest absolute Gasteiger partial charge is 0.271 e. The second-order valence-corrected chi connectivity index (χ2v) is 8.09. The normalized spacial score (nSPS) is 10.4. The molecule has 0 saturated heterocycles. The van der Waals surface area contributed by atoms with Crippen LogP contribution in [0.5, 0.6) is 5.75 Å². The van der Waals surface area contributed by atoms with Crippen LogP contribution in [0.1, 0.15) is 0 Å².